The van der Waals surface area contributed by atoms with Crippen LogP contribution in [0.25, 0.3) is 21.3 Å². The van der Waals surface area contributed by atoms with Crippen molar-refractivity contribution in [3.05, 3.63) is 50.0 Å². The third kappa shape index (κ3) is 5.43. The Bertz CT molecular complexity index is 1720. The Labute approximate surface area is 228 Å². The van der Waals surface area contributed by atoms with Gasteiger partial charge in [-0.15, -0.1) is 11.3 Å². The molecular formula is C22H18F6N8O4S. The smallest absolute Gasteiger partial charge is 0.365 e. The monoisotopic (exact) mass is 604 g/mol. The van der Waals surface area contributed by atoms with E-state index in [1.54, 1.807) is 6.92 Å². The highest BCUT2D eigenvalue weighted by molar-refractivity contribution is 7.21. The molecule has 0 aliphatic rings. The second kappa shape index (κ2) is 10.1. The molecule has 0 atom stereocenters. The van der Waals surface area contributed by atoms with E-state index < -0.39 is 58.4 Å². The molecule has 2 amide bonds. The van der Waals surface area contributed by atoms with Crippen LogP contribution in [0.15, 0.2) is 12.3 Å². The normalized spacial score (nSPS) is 12.2. The number of anilines is 1. The van der Waals surface area contributed by atoms with Crippen molar-refractivity contribution in [2.75, 3.05) is 5.32 Å². The number of thiophene rings is 1. The van der Waals surface area contributed by atoms with Crippen LogP contribution in [0, 0.1) is 24.0 Å². The number of halogens is 6. The van der Waals surface area contributed by atoms with Gasteiger partial charge >= 0.3 is 18.0 Å². The molecule has 0 aliphatic carbocycles. The van der Waals surface area contributed by atoms with Crippen LogP contribution in [-0.2, 0) is 30.2 Å². The van der Waals surface area contributed by atoms with Crippen LogP contribution in [0.3, 0.4) is 0 Å². The summed E-state index contributed by atoms with van der Waals surface area (Å²) in [6.45, 7) is 3.63. The van der Waals surface area contributed by atoms with E-state index in [1.807, 2.05) is 0 Å². The maximum atomic E-state index is 13.7. The number of hydrogen-bond acceptors (Lipinski definition) is 8. The van der Waals surface area contributed by atoms with Gasteiger partial charge in [-0.1, -0.05) is 0 Å². The fourth-order valence-electron chi connectivity index (χ4n) is 4.11. The first kappa shape index (κ1) is 29.4. The Balaban J connectivity index is 1.88. The summed E-state index contributed by atoms with van der Waals surface area (Å²) in [7, 11) is 0. The highest BCUT2D eigenvalue weighted by atomic mass is 32.1. The van der Waals surface area contributed by atoms with Crippen molar-refractivity contribution in [2.45, 2.75) is 46.2 Å². The number of carbonyl (C=O) groups is 2. The predicted molar refractivity (Wildman–Crippen MR) is 132 cm³/mol. The molecule has 4 aromatic rings. The van der Waals surface area contributed by atoms with Crippen molar-refractivity contribution in [3.63, 3.8) is 0 Å². The number of nitrogens with zero attached hydrogens (tertiary/aromatic N) is 6. The van der Waals surface area contributed by atoms with Crippen LogP contribution in [0.5, 0.6) is 0 Å². The van der Waals surface area contributed by atoms with Crippen LogP contribution in [0.2, 0.25) is 0 Å². The number of fused-ring (bicyclic) bond motifs is 1. The number of primary amides is 1. The van der Waals surface area contributed by atoms with Crippen LogP contribution in [0.1, 0.15) is 39.4 Å². The molecule has 4 aromatic heterocycles. The fourth-order valence-corrected chi connectivity index (χ4v) is 5.12. The number of aromatic nitrogens is 5. The molecule has 41 heavy (non-hydrogen) atoms. The van der Waals surface area contributed by atoms with Crippen molar-refractivity contribution in [1.82, 2.24) is 24.5 Å². The van der Waals surface area contributed by atoms with Crippen LogP contribution in [-0.4, -0.2) is 41.3 Å². The molecule has 0 saturated heterocycles. The van der Waals surface area contributed by atoms with E-state index in [1.165, 1.54) is 17.8 Å². The molecule has 0 fully saturated rings. The summed E-state index contributed by atoms with van der Waals surface area (Å²) >= 11 is 0.467. The summed E-state index contributed by atoms with van der Waals surface area (Å²) in [5.41, 5.74) is 0.509. The van der Waals surface area contributed by atoms with Crippen LogP contribution >= 0.6 is 11.3 Å². The zero-order chi connectivity index (χ0) is 30.6. The van der Waals surface area contributed by atoms with Gasteiger partial charge in [0.2, 0.25) is 11.6 Å². The Hall–Kier alpha value is -4.55. The molecular weight excluding hydrogens is 586 g/mol. The molecule has 3 N–H and O–H groups in total. The summed E-state index contributed by atoms with van der Waals surface area (Å²) in [5.74, 6) is -2.23. The average molecular weight is 604 g/mol. The van der Waals surface area contributed by atoms with Gasteiger partial charge in [0.15, 0.2) is 0 Å². The van der Waals surface area contributed by atoms with E-state index in [0.29, 0.717) is 28.3 Å². The van der Waals surface area contributed by atoms with Gasteiger partial charge in [-0.2, -0.15) is 36.5 Å². The van der Waals surface area contributed by atoms with Crippen molar-refractivity contribution in [3.8, 4) is 11.1 Å². The van der Waals surface area contributed by atoms with E-state index in [0.717, 1.165) is 13.0 Å². The van der Waals surface area contributed by atoms with Crippen molar-refractivity contribution in [2.24, 2.45) is 5.73 Å². The maximum Gasteiger partial charge on any atom is 0.442 e. The number of nitrogens with two attached hydrogens (primary N) is 1. The summed E-state index contributed by atoms with van der Waals surface area (Å²) in [5, 5.41) is 20.8. The minimum atomic E-state index is -5.20. The van der Waals surface area contributed by atoms with Gasteiger partial charge in [0.05, 0.1) is 16.3 Å². The quantitative estimate of drug-likeness (QED) is 0.176. The third-order valence-electron chi connectivity index (χ3n) is 5.92. The summed E-state index contributed by atoms with van der Waals surface area (Å²) < 4.78 is 83.1. The Kier molecular flexibility index (Phi) is 7.27. The Morgan fingerprint density at radius 2 is 1.78 bits per heavy atom. The van der Waals surface area contributed by atoms with Gasteiger partial charge in [-0.25, -0.2) is 4.98 Å². The number of amides is 2. The second-order valence-electron chi connectivity index (χ2n) is 8.63. The molecule has 0 spiro atoms. The largest absolute Gasteiger partial charge is 0.442 e. The first-order valence-electron chi connectivity index (χ1n) is 11.4. The molecule has 0 aromatic carbocycles. The number of carbonyl (C=O) groups excluding carboxylic acids is 2. The second-order valence-corrected chi connectivity index (χ2v) is 9.63. The number of nitrogens with one attached hydrogen (secondary N) is 1. The number of rotatable bonds is 7. The predicted octanol–water partition coefficient (Wildman–Crippen LogP) is 4.68. The lowest BCUT2D eigenvalue weighted by molar-refractivity contribution is -0.388. The Morgan fingerprint density at radius 1 is 1.12 bits per heavy atom. The molecule has 4 heterocycles. The number of nitro groups is 1. The molecule has 19 heteroatoms. The van der Waals surface area contributed by atoms with E-state index >= 15 is 0 Å². The molecule has 218 valence electrons. The average Bonchev–Trinajstić information content (AvgIpc) is 3.51. The molecule has 0 radical (unpaired) electrons. The number of aryl methyl sites for hydroxylation is 2. The first-order chi connectivity index (χ1) is 18.9. The van der Waals surface area contributed by atoms with Gasteiger partial charge in [-0.3, -0.25) is 29.1 Å². The van der Waals surface area contributed by atoms with E-state index in [4.69, 9.17) is 5.73 Å². The summed E-state index contributed by atoms with van der Waals surface area (Å²) in [6, 6.07) is 0.718. The molecule has 0 unspecified atom stereocenters. The van der Waals surface area contributed by atoms with Crippen LogP contribution in [0.4, 0.5) is 37.7 Å². The van der Waals surface area contributed by atoms with Gasteiger partial charge in [-0.05, 0) is 32.4 Å². The van der Waals surface area contributed by atoms with Gasteiger partial charge in [0.25, 0.3) is 5.91 Å². The Morgan fingerprint density at radius 3 is 2.27 bits per heavy atom. The summed E-state index contributed by atoms with van der Waals surface area (Å²) in [6.07, 6.45) is -8.63. The van der Waals surface area contributed by atoms with Gasteiger partial charge in [0.1, 0.15) is 27.6 Å². The highest BCUT2D eigenvalue weighted by Crippen LogP contribution is 2.44. The minimum absolute atomic E-state index is 0.0937. The maximum absolute atomic E-state index is 13.7. The van der Waals surface area contributed by atoms with E-state index in [-0.39, 0.29) is 31.9 Å². The summed E-state index contributed by atoms with van der Waals surface area (Å²) in [4.78, 5) is 38.1. The number of hydrogen-bond donors (Lipinski definition) is 2. The van der Waals surface area contributed by atoms with Crippen molar-refractivity contribution in [1.29, 1.82) is 0 Å². The standard InChI is InChI=1S/C22H18F6N8O4S/c1-4-34-6-11(8(2)32-34)10-5-12(21(23,24)25)30-20-14(10)15(17(41-20)19(29)38)31-13(37)7-35-9(3)16(36(39)40)18(33-35)22(26,27)28/h5-6H,4,7H2,1-3H3,(H2,29,38)(H,31,37). The molecule has 4 rings (SSSR count). The first-order valence-corrected chi connectivity index (χ1v) is 12.2. The van der Waals surface area contributed by atoms with E-state index in [2.05, 4.69) is 20.5 Å². The van der Waals surface area contributed by atoms with E-state index in [9.17, 15) is 46.0 Å². The lowest BCUT2D eigenvalue weighted by atomic mass is 10.0. The third-order valence-corrected chi connectivity index (χ3v) is 7.02. The van der Waals surface area contributed by atoms with Crippen LogP contribution < -0.4 is 11.1 Å². The molecule has 0 aliphatic heterocycles. The topological polar surface area (TPSA) is 164 Å². The molecule has 0 bridgehead atoms. The zero-order valence-electron chi connectivity index (χ0n) is 21.1. The van der Waals surface area contributed by atoms with Crippen molar-refractivity contribution >= 4 is 44.7 Å². The van der Waals surface area contributed by atoms with Gasteiger partial charge in [0, 0.05) is 23.7 Å². The van der Waals surface area contributed by atoms with Crippen molar-refractivity contribution < 1.29 is 40.9 Å². The van der Waals surface area contributed by atoms with Gasteiger partial charge < -0.3 is 11.1 Å². The highest BCUT2D eigenvalue weighted by Gasteiger charge is 2.44. The lowest BCUT2D eigenvalue weighted by Gasteiger charge is -2.12. The minimum Gasteiger partial charge on any atom is -0.365 e. The fraction of sp³-hybridized carbons (Fsp3) is 0.318. The molecule has 0 saturated carbocycles. The number of pyridine rings is 1. The number of alkyl halides is 6. The zero-order valence-corrected chi connectivity index (χ0v) is 22.0. The molecule has 12 nitrogen and oxygen atoms in total. The SMILES string of the molecule is CCn1cc(-c2cc(C(F)(F)F)nc3sc(C(N)=O)c(NC(=O)Cn4nc(C(F)(F)F)c([N+](=O)[O-])c4C)c23)c(C)n1. The lowest BCUT2D eigenvalue weighted by Crippen LogP contribution is -2.22.